The van der Waals surface area contributed by atoms with Crippen LogP contribution < -0.4 is 5.32 Å². The van der Waals surface area contributed by atoms with Crippen LogP contribution in [0, 0.1) is 10.1 Å². The average Bonchev–Trinajstić information content (AvgIpc) is 3.46. The molecule has 5 rings (SSSR count). The molecule has 0 bridgehead atoms. The summed E-state index contributed by atoms with van der Waals surface area (Å²) in [5.74, 6) is -1.19. The largest absolute Gasteiger partial charge is 0.390 e. The molecule has 4 aromatic rings. The number of fused-ring (bicyclic) bond motifs is 2. The van der Waals surface area contributed by atoms with Crippen LogP contribution >= 0.6 is 0 Å². The number of nitrogens with one attached hydrogen (secondary N) is 2. The number of aliphatic hydroxyl groups excluding tert-OH is 1. The Morgan fingerprint density at radius 1 is 1.06 bits per heavy atom. The maximum absolute atomic E-state index is 13.1. The molecule has 35 heavy (non-hydrogen) atoms. The van der Waals surface area contributed by atoms with Crippen LogP contribution in [0.5, 0.6) is 0 Å². The van der Waals surface area contributed by atoms with Crippen LogP contribution in [0.25, 0.3) is 33.0 Å². The highest BCUT2D eigenvalue weighted by atomic mass is 16.6. The molecule has 1 aliphatic heterocycles. The van der Waals surface area contributed by atoms with Gasteiger partial charge in [0, 0.05) is 53.6 Å². The molecule has 10 nitrogen and oxygen atoms in total. The van der Waals surface area contributed by atoms with Crippen LogP contribution in [-0.4, -0.2) is 63.0 Å². The average molecular weight is 473 g/mol. The normalized spacial score (nSPS) is 15.0. The van der Waals surface area contributed by atoms with Crippen LogP contribution in [0.2, 0.25) is 0 Å². The first-order valence-corrected chi connectivity index (χ1v) is 11.0. The molecule has 10 heteroatoms. The van der Waals surface area contributed by atoms with Crippen molar-refractivity contribution in [2.45, 2.75) is 12.6 Å². The molecule has 178 valence electrons. The number of nitrogens with zero attached hydrogens (tertiary/aromatic N) is 3. The van der Waals surface area contributed by atoms with Crippen molar-refractivity contribution in [2.75, 3.05) is 20.6 Å². The van der Waals surface area contributed by atoms with Gasteiger partial charge in [-0.25, -0.2) is 0 Å². The summed E-state index contributed by atoms with van der Waals surface area (Å²) in [5.41, 5.74) is 2.13. The van der Waals surface area contributed by atoms with Gasteiger partial charge in [-0.15, -0.1) is 0 Å². The first-order valence-electron chi connectivity index (χ1n) is 11.0. The van der Waals surface area contributed by atoms with Crippen molar-refractivity contribution < 1.29 is 19.6 Å². The SMILES string of the molecule is CN(C)CC(O)Cn1cc(C2=C(c3c[nH]c4ccccc34)C(=O)NC2=O)c2c([N+](=O)[O-])cccc21. The lowest BCUT2D eigenvalue weighted by Crippen LogP contribution is -2.29. The third-order valence-electron chi connectivity index (χ3n) is 6.12. The van der Waals surface area contributed by atoms with Gasteiger partial charge in [0.1, 0.15) is 0 Å². The lowest BCUT2D eigenvalue weighted by Gasteiger charge is -2.17. The highest BCUT2D eigenvalue weighted by Crippen LogP contribution is 2.41. The Morgan fingerprint density at radius 3 is 2.49 bits per heavy atom. The molecule has 0 saturated heterocycles. The van der Waals surface area contributed by atoms with E-state index in [4.69, 9.17) is 0 Å². The third-order valence-corrected chi connectivity index (χ3v) is 6.12. The predicted octanol–water partition coefficient (Wildman–Crippen LogP) is 2.52. The number of likely N-dealkylation sites (N-methyl/N-ethyl adjacent to an activating group) is 1. The molecule has 0 fully saturated rings. The number of benzene rings is 2. The Balaban J connectivity index is 1.79. The predicted molar refractivity (Wildman–Crippen MR) is 131 cm³/mol. The number of non-ortho nitro benzene ring substituents is 1. The quantitative estimate of drug-likeness (QED) is 0.215. The van der Waals surface area contributed by atoms with E-state index < -0.39 is 22.8 Å². The van der Waals surface area contributed by atoms with Gasteiger partial charge in [-0.2, -0.15) is 0 Å². The number of nitro groups is 1. The first kappa shape index (κ1) is 22.5. The summed E-state index contributed by atoms with van der Waals surface area (Å²) in [4.78, 5) is 42.5. The van der Waals surface area contributed by atoms with E-state index in [1.54, 1.807) is 29.1 Å². The van der Waals surface area contributed by atoms with Crippen LogP contribution in [0.1, 0.15) is 11.1 Å². The van der Waals surface area contributed by atoms with Crippen molar-refractivity contribution in [2.24, 2.45) is 0 Å². The summed E-state index contributed by atoms with van der Waals surface area (Å²) in [5, 5.41) is 25.8. The minimum atomic E-state index is -0.756. The maximum atomic E-state index is 13.1. The van der Waals surface area contributed by atoms with Crippen molar-refractivity contribution in [3.8, 4) is 0 Å². The summed E-state index contributed by atoms with van der Waals surface area (Å²) in [6.45, 7) is 0.535. The summed E-state index contributed by atoms with van der Waals surface area (Å²) in [6.07, 6.45) is 2.51. The van der Waals surface area contributed by atoms with Gasteiger partial charge in [0.15, 0.2) is 0 Å². The fourth-order valence-electron chi connectivity index (χ4n) is 4.78. The summed E-state index contributed by atoms with van der Waals surface area (Å²) in [6, 6.07) is 12.0. The van der Waals surface area contributed by atoms with Gasteiger partial charge in [-0.05, 0) is 26.2 Å². The molecule has 2 aromatic carbocycles. The van der Waals surface area contributed by atoms with Crippen LogP contribution in [-0.2, 0) is 16.1 Å². The Morgan fingerprint density at radius 2 is 1.77 bits per heavy atom. The molecule has 0 radical (unpaired) electrons. The number of carbonyl (C=O) groups is 2. The van der Waals surface area contributed by atoms with E-state index >= 15 is 0 Å². The Hall–Kier alpha value is -4.28. The molecule has 3 N–H and O–H groups in total. The van der Waals surface area contributed by atoms with Gasteiger partial charge in [0.2, 0.25) is 0 Å². The van der Waals surface area contributed by atoms with Crippen molar-refractivity contribution in [3.63, 3.8) is 0 Å². The van der Waals surface area contributed by atoms with Gasteiger partial charge in [-0.1, -0.05) is 24.3 Å². The third kappa shape index (κ3) is 3.78. The highest BCUT2D eigenvalue weighted by molar-refractivity contribution is 6.51. The summed E-state index contributed by atoms with van der Waals surface area (Å²) >= 11 is 0. The number of carbonyl (C=O) groups excluding carboxylic acids is 2. The lowest BCUT2D eigenvalue weighted by molar-refractivity contribution is -0.383. The molecular formula is C25H23N5O5. The molecule has 0 aliphatic carbocycles. The van der Waals surface area contributed by atoms with Gasteiger partial charge in [-0.3, -0.25) is 25.0 Å². The van der Waals surface area contributed by atoms with E-state index in [0.29, 0.717) is 17.6 Å². The standard InChI is InChI=1S/C25H23N5O5/c1-28(2)11-14(31)12-29-13-17(21-19(29)8-5-9-20(21)30(34)35)23-22(24(32)27-25(23)33)16-10-26-18-7-4-3-6-15(16)18/h3-10,13-14,26,31H,11-12H2,1-2H3,(H,27,32,33). The first-order chi connectivity index (χ1) is 16.8. The minimum absolute atomic E-state index is 0.0694. The molecule has 2 amide bonds. The summed E-state index contributed by atoms with van der Waals surface area (Å²) in [7, 11) is 3.67. The minimum Gasteiger partial charge on any atom is -0.390 e. The van der Waals surface area contributed by atoms with Crippen LogP contribution in [0.15, 0.2) is 54.9 Å². The van der Waals surface area contributed by atoms with Gasteiger partial charge in [0.25, 0.3) is 17.5 Å². The number of nitro benzene ring substituents is 1. The number of H-pyrrole nitrogens is 1. The topological polar surface area (TPSA) is 134 Å². The number of aliphatic hydroxyl groups is 1. The molecular weight excluding hydrogens is 450 g/mol. The van der Waals surface area contributed by atoms with E-state index in [9.17, 15) is 24.8 Å². The number of hydrogen-bond acceptors (Lipinski definition) is 6. The number of amides is 2. The second-order valence-corrected chi connectivity index (χ2v) is 8.82. The molecule has 1 unspecified atom stereocenters. The highest BCUT2D eigenvalue weighted by Gasteiger charge is 2.36. The zero-order valence-corrected chi connectivity index (χ0v) is 19.1. The van der Waals surface area contributed by atoms with E-state index in [1.165, 1.54) is 6.07 Å². The molecule has 0 saturated carbocycles. The Labute approximate surface area is 199 Å². The number of aromatic nitrogens is 2. The Kier molecular flexibility index (Phi) is 5.46. The van der Waals surface area contributed by atoms with E-state index in [0.717, 1.165) is 10.9 Å². The fraction of sp³-hybridized carbons (Fsp3) is 0.200. The lowest BCUT2D eigenvalue weighted by atomic mass is 9.95. The molecule has 1 atom stereocenters. The van der Waals surface area contributed by atoms with Crippen molar-refractivity contribution >= 4 is 50.5 Å². The van der Waals surface area contributed by atoms with E-state index in [-0.39, 0.29) is 34.3 Å². The van der Waals surface area contributed by atoms with Crippen molar-refractivity contribution in [3.05, 3.63) is 76.1 Å². The molecule has 2 aromatic heterocycles. The zero-order chi connectivity index (χ0) is 24.9. The number of aromatic amines is 1. The number of rotatable bonds is 7. The van der Waals surface area contributed by atoms with Gasteiger partial charge >= 0.3 is 0 Å². The van der Waals surface area contributed by atoms with E-state index in [1.807, 2.05) is 43.3 Å². The fourth-order valence-corrected chi connectivity index (χ4v) is 4.78. The molecule has 1 aliphatic rings. The number of para-hydroxylation sites is 1. The molecule has 3 heterocycles. The van der Waals surface area contributed by atoms with Crippen molar-refractivity contribution in [1.82, 2.24) is 19.8 Å². The van der Waals surface area contributed by atoms with Crippen LogP contribution in [0.3, 0.4) is 0 Å². The second kappa shape index (κ2) is 8.49. The monoisotopic (exact) mass is 473 g/mol. The van der Waals surface area contributed by atoms with E-state index in [2.05, 4.69) is 10.3 Å². The van der Waals surface area contributed by atoms with Gasteiger partial charge < -0.3 is 19.6 Å². The van der Waals surface area contributed by atoms with Crippen molar-refractivity contribution in [1.29, 1.82) is 0 Å². The maximum Gasteiger partial charge on any atom is 0.279 e. The smallest absolute Gasteiger partial charge is 0.279 e. The van der Waals surface area contributed by atoms with Crippen LogP contribution in [0.4, 0.5) is 5.69 Å². The second-order valence-electron chi connectivity index (χ2n) is 8.82. The zero-order valence-electron chi connectivity index (χ0n) is 19.1. The summed E-state index contributed by atoms with van der Waals surface area (Å²) < 4.78 is 1.70. The van der Waals surface area contributed by atoms with Gasteiger partial charge in [0.05, 0.1) is 33.1 Å². The Bertz CT molecular complexity index is 1540. The molecule has 0 spiro atoms. The number of imide groups is 1. The number of hydrogen-bond donors (Lipinski definition) is 3.